The number of aliphatic imine (C=N–C) groups is 1. The second-order valence-electron chi connectivity index (χ2n) is 11.2. The van der Waals surface area contributed by atoms with Gasteiger partial charge in [0.1, 0.15) is 5.65 Å². The number of nitrogens with one attached hydrogen (secondary N) is 3. The van der Waals surface area contributed by atoms with E-state index in [0.717, 1.165) is 42.6 Å². The van der Waals surface area contributed by atoms with Gasteiger partial charge in [-0.25, -0.2) is 9.18 Å². The lowest BCUT2D eigenvalue weighted by Crippen LogP contribution is -2.39. The SMILES string of the molecule is CC1=NC[C@@H](CCNC(=N)N)N1Cc1ccc(-n2cc3cc(-c4cc(CCC[C@H](C)N)cc(Cl)c4F)[nH]c3nc2=O)cc1. The maximum Gasteiger partial charge on any atom is 0.354 e. The van der Waals surface area contributed by atoms with Crippen molar-refractivity contribution in [1.29, 1.82) is 5.41 Å². The number of hydrogen-bond donors (Lipinski definition) is 5. The molecule has 4 aromatic rings. The van der Waals surface area contributed by atoms with E-state index in [9.17, 15) is 4.79 Å². The van der Waals surface area contributed by atoms with Gasteiger partial charge in [0.25, 0.3) is 0 Å². The highest BCUT2D eigenvalue weighted by atomic mass is 35.5. The Bertz CT molecular complexity index is 1710. The van der Waals surface area contributed by atoms with Gasteiger partial charge in [0, 0.05) is 36.3 Å². The summed E-state index contributed by atoms with van der Waals surface area (Å²) in [5.41, 5.74) is 14.7. The minimum absolute atomic E-state index is 0.0360. The fraction of sp³-hybridized carbons (Fsp3) is 0.355. The van der Waals surface area contributed by atoms with Gasteiger partial charge in [0.15, 0.2) is 11.8 Å². The summed E-state index contributed by atoms with van der Waals surface area (Å²) in [7, 11) is 0. The number of nitrogens with two attached hydrogens (primary N) is 2. The first kappa shape index (κ1) is 30.2. The van der Waals surface area contributed by atoms with E-state index in [0.29, 0.717) is 47.6 Å². The number of rotatable bonds is 11. The number of nitrogens with zero attached hydrogens (tertiary/aromatic N) is 4. The normalized spacial score (nSPS) is 15.6. The quantitative estimate of drug-likeness (QED) is 0.127. The molecule has 7 N–H and O–H groups in total. The van der Waals surface area contributed by atoms with Crippen LogP contribution in [-0.2, 0) is 13.0 Å². The maximum absolute atomic E-state index is 15.1. The average Bonchev–Trinajstić information content (AvgIpc) is 3.52. The largest absolute Gasteiger partial charge is 0.370 e. The minimum atomic E-state index is -0.523. The molecule has 226 valence electrons. The molecule has 0 radical (unpaired) electrons. The summed E-state index contributed by atoms with van der Waals surface area (Å²) < 4.78 is 16.6. The third kappa shape index (κ3) is 7.06. The zero-order chi connectivity index (χ0) is 30.7. The van der Waals surface area contributed by atoms with Gasteiger partial charge in [0.2, 0.25) is 0 Å². The first-order valence-corrected chi connectivity index (χ1v) is 14.8. The van der Waals surface area contributed by atoms with E-state index in [1.54, 1.807) is 24.4 Å². The topological polar surface area (TPSA) is 154 Å². The summed E-state index contributed by atoms with van der Waals surface area (Å²) in [6, 6.07) is 13.3. The number of guanidine groups is 1. The predicted molar refractivity (Wildman–Crippen MR) is 171 cm³/mol. The van der Waals surface area contributed by atoms with Crippen LogP contribution in [0.25, 0.3) is 28.0 Å². The maximum atomic E-state index is 15.1. The molecule has 5 rings (SSSR count). The lowest BCUT2D eigenvalue weighted by Gasteiger charge is -2.27. The Morgan fingerprint density at radius 1 is 1.26 bits per heavy atom. The van der Waals surface area contributed by atoms with Crippen molar-refractivity contribution >= 4 is 34.4 Å². The number of fused-ring (bicyclic) bond motifs is 1. The van der Waals surface area contributed by atoms with Gasteiger partial charge >= 0.3 is 5.69 Å². The van der Waals surface area contributed by atoms with Crippen molar-refractivity contribution in [2.75, 3.05) is 13.1 Å². The molecule has 2 aromatic carbocycles. The molecule has 0 unspecified atom stereocenters. The van der Waals surface area contributed by atoms with Gasteiger partial charge in [-0.15, -0.1) is 0 Å². The number of halogens is 2. The smallest absolute Gasteiger partial charge is 0.354 e. The highest BCUT2D eigenvalue weighted by Crippen LogP contribution is 2.31. The van der Waals surface area contributed by atoms with E-state index in [1.807, 2.05) is 38.1 Å². The van der Waals surface area contributed by atoms with E-state index in [2.05, 4.69) is 25.2 Å². The van der Waals surface area contributed by atoms with Gasteiger partial charge in [-0.3, -0.25) is 15.0 Å². The monoisotopic (exact) mass is 605 g/mol. The standard InChI is InChI=1S/C31H37ClFN9O/c1-18(34)4-3-5-21-12-25(28(33)26(32)13-21)27-14-22-17-42(31(43)40-29(22)39-27)23-8-6-20(7-9-23)16-41-19(2)38-15-24(41)10-11-37-30(35)36/h6-9,12-14,17-18,24H,3-5,10-11,15-16,34H2,1-2H3,(H4,35,36,37)(H,39,40,43)/t18-,24+/m0/s1. The Morgan fingerprint density at radius 3 is 2.74 bits per heavy atom. The number of aromatic amines is 1. The van der Waals surface area contributed by atoms with E-state index in [-0.39, 0.29) is 23.1 Å². The fourth-order valence-electron chi connectivity index (χ4n) is 5.45. The van der Waals surface area contributed by atoms with Gasteiger partial charge < -0.3 is 26.7 Å². The molecule has 10 nitrogen and oxygen atoms in total. The third-order valence-electron chi connectivity index (χ3n) is 7.76. The molecule has 2 atom stereocenters. The highest BCUT2D eigenvalue weighted by Gasteiger charge is 2.25. The van der Waals surface area contributed by atoms with Crippen LogP contribution in [0.15, 0.2) is 58.4 Å². The van der Waals surface area contributed by atoms with Crippen molar-refractivity contribution in [3.63, 3.8) is 0 Å². The Morgan fingerprint density at radius 2 is 2.02 bits per heavy atom. The van der Waals surface area contributed by atoms with E-state index in [1.165, 1.54) is 4.57 Å². The van der Waals surface area contributed by atoms with Crippen molar-refractivity contribution in [1.82, 2.24) is 24.8 Å². The van der Waals surface area contributed by atoms with Gasteiger partial charge in [0.05, 0.1) is 34.8 Å². The van der Waals surface area contributed by atoms with Crippen LogP contribution >= 0.6 is 11.6 Å². The molecule has 3 heterocycles. The molecule has 0 amide bonds. The first-order chi connectivity index (χ1) is 20.6. The average molecular weight is 606 g/mol. The van der Waals surface area contributed by atoms with Crippen molar-refractivity contribution < 1.29 is 4.39 Å². The molecule has 0 fully saturated rings. The first-order valence-electron chi connectivity index (χ1n) is 14.4. The summed E-state index contributed by atoms with van der Waals surface area (Å²) in [5.74, 6) is 0.413. The van der Waals surface area contributed by atoms with Crippen LogP contribution in [-0.4, -0.2) is 56.4 Å². The van der Waals surface area contributed by atoms with Crippen molar-refractivity contribution in [2.24, 2.45) is 16.5 Å². The number of benzene rings is 2. The van der Waals surface area contributed by atoms with Crippen molar-refractivity contribution in [3.05, 3.63) is 81.1 Å². The van der Waals surface area contributed by atoms with E-state index >= 15 is 4.39 Å². The van der Waals surface area contributed by atoms with Crippen LogP contribution in [0.2, 0.25) is 5.02 Å². The molecule has 0 spiro atoms. The molecular weight excluding hydrogens is 569 g/mol. The molecule has 0 aliphatic carbocycles. The molecule has 1 aliphatic rings. The summed E-state index contributed by atoms with van der Waals surface area (Å²) in [4.78, 5) is 27.2. The lowest BCUT2D eigenvalue weighted by molar-refractivity contribution is 0.318. The fourth-order valence-corrected chi connectivity index (χ4v) is 5.69. The summed E-state index contributed by atoms with van der Waals surface area (Å²) in [6.07, 6.45) is 4.99. The van der Waals surface area contributed by atoms with Gasteiger partial charge in [-0.05, 0) is 81.0 Å². The molecule has 0 bridgehead atoms. The van der Waals surface area contributed by atoms with Crippen LogP contribution in [0.4, 0.5) is 4.39 Å². The number of aromatic nitrogens is 3. The van der Waals surface area contributed by atoms with Crippen LogP contribution in [0.1, 0.15) is 44.2 Å². The van der Waals surface area contributed by atoms with Crippen LogP contribution in [0.5, 0.6) is 0 Å². The minimum Gasteiger partial charge on any atom is -0.370 e. The van der Waals surface area contributed by atoms with Crippen LogP contribution in [0, 0.1) is 11.2 Å². The molecular formula is C31H37ClFN9O. The zero-order valence-electron chi connectivity index (χ0n) is 24.3. The van der Waals surface area contributed by atoms with Gasteiger partial charge in [-0.1, -0.05) is 23.7 Å². The van der Waals surface area contributed by atoms with Crippen LogP contribution < -0.4 is 22.5 Å². The molecule has 43 heavy (non-hydrogen) atoms. The molecule has 12 heteroatoms. The Hall–Kier alpha value is -4.22. The third-order valence-corrected chi connectivity index (χ3v) is 8.03. The second-order valence-corrected chi connectivity index (χ2v) is 11.6. The molecule has 1 aliphatic heterocycles. The highest BCUT2D eigenvalue weighted by molar-refractivity contribution is 6.31. The van der Waals surface area contributed by atoms with Crippen molar-refractivity contribution in [3.8, 4) is 16.9 Å². The summed E-state index contributed by atoms with van der Waals surface area (Å²) in [5, 5.41) is 10.9. The summed E-state index contributed by atoms with van der Waals surface area (Å²) in [6.45, 7) is 5.95. The Labute approximate surface area is 254 Å². The number of hydrogen-bond acceptors (Lipinski definition) is 6. The van der Waals surface area contributed by atoms with E-state index < -0.39 is 11.5 Å². The number of aryl methyl sites for hydroxylation is 1. The Balaban J connectivity index is 1.35. The second kappa shape index (κ2) is 13.0. The van der Waals surface area contributed by atoms with Crippen LogP contribution in [0.3, 0.4) is 0 Å². The lowest BCUT2D eigenvalue weighted by atomic mass is 10.0. The number of H-pyrrole nitrogens is 1. The molecule has 0 saturated carbocycles. The molecule has 0 saturated heterocycles. The predicted octanol–water partition coefficient (Wildman–Crippen LogP) is 4.32. The van der Waals surface area contributed by atoms with Crippen molar-refractivity contribution in [2.45, 2.75) is 58.2 Å². The summed E-state index contributed by atoms with van der Waals surface area (Å²) >= 11 is 6.25. The number of amidine groups is 1. The molecule has 2 aromatic heterocycles. The van der Waals surface area contributed by atoms with E-state index in [4.69, 9.17) is 28.5 Å². The van der Waals surface area contributed by atoms with Gasteiger partial charge in [-0.2, -0.15) is 4.98 Å². The Kier molecular flexibility index (Phi) is 9.12. The zero-order valence-corrected chi connectivity index (χ0v) is 25.1.